The van der Waals surface area contributed by atoms with Crippen LogP contribution in [0.5, 0.6) is 5.75 Å². The number of hydrogen-bond donors (Lipinski definition) is 1. The number of halogens is 2. The summed E-state index contributed by atoms with van der Waals surface area (Å²) in [7, 11) is 0. The molecule has 0 bridgehead atoms. The van der Waals surface area contributed by atoms with Crippen LogP contribution in [0.25, 0.3) is 0 Å². The van der Waals surface area contributed by atoms with E-state index in [1.807, 2.05) is 20.8 Å². The van der Waals surface area contributed by atoms with Crippen LogP contribution < -0.4 is 10.1 Å². The molecule has 7 heteroatoms. The Balaban J connectivity index is 2.15. The van der Waals surface area contributed by atoms with E-state index in [1.54, 1.807) is 19.1 Å². The number of carbonyl (C=O) groups excluding carboxylic acids is 2. The lowest BCUT2D eigenvalue weighted by molar-refractivity contribution is -0.142. The molecule has 0 aliphatic carbocycles. The maximum atomic E-state index is 13.2. The molecule has 1 atom stereocenters. The number of nitrogens with one attached hydrogen (secondary N) is 1. The van der Waals surface area contributed by atoms with Crippen LogP contribution in [-0.2, 0) is 16.1 Å². The molecule has 2 rings (SSSR count). The summed E-state index contributed by atoms with van der Waals surface area (Å²) in [6.45, 7) is 6.97. The summed E-state index contributed by atoms with van der Waals surface area (Å²) >= 11 is 0. The van der Waals surface area contributed by atoms with E-state index in [0.29, 0.717) is 11.3 Å². The summed E-state index contributed by atoms with van der Waals surface area (Å²) in [5, 5.41) is 2.85. The van der Waals surface area contributed by atoms with Crippen molar-refractivity contribution < 1.29 is 23.1 Å². The molecule has 2 aromatic rings. The van der Waals surface area contributed by atoms with Crippen molar-refractivity contribution in [3.63, 3.8) is 0 Å². The predicted molar refractivity (Wildman–Crippen MR) is 106 cm³/mol. The Morgan fingerprint density at radius 3 is 2.03 bits per heavy atom. The van der Waals surface area contributed by atoms with Gasteiger partial charge in [0.2, 0.25) is 5.91 Å². The molecule has 0 unspecified atom stereocenters. The van der Waals surface area contributed by atoms with Crippen molar-refractivity contribution in [2.45, 2.75) is 45.8 Å². The number of amides is 2. The smallest absolute Gasteiger partial charge is 0.261 e. The normalized spacial score (nSPS) is 12.2. The van der Waals surface area contributed by atoms with E-state index in [4.69, 9.17) is 4.74 Å². The van der Waals surface area contributed by atoms with Gasteiger partial charge in [-0.05, 0) is 69.7 Å². The van der Waals surface area contributed by atoms with Crippen LogP contribution in [0.3, 0.4) is 0 Å². The molecule has 29 heavy (non-hydrogen) atoms. The van der Waals surface area contributed by atoms with Gasteiger partial charge < -0.3 is 15.0 Å². The molecular weight excluding hydrogens is 378 g/mol. The Kier molecular flexibility index (Phi) is 7.31. The number of benzene rings is 2. The molecule has 2 aromatic carbocycles. The van der Waals surface area contributed by atoms with Crippen molar-refractivity contribution in [1.29, 1.82) is 0 Å². The molecular formula is C22H26F2N2O3. The van der Waals surface area contributed by atoms with Crippen LogP contribution in [0.15, 0.2) is 48.5 Å². The zero-order valence-electron chi connectivity index (χ0n) is 17.0. The van der Waals surface area contributed by atoms with Gasteiger partial charge in [-0.3, -0.25) is 9.59 Å². The van der Waals surface area contributed by atoms with Gasteiger partial charge in [0.05, 0.1) is 0 Å². The lowest BCUT2D eigenvalue weighted by Crippen LogP contribution is -2.53. The molecule has 0 aliphatic rings. The van der Waals surface area contributed by atoms with Crippen LogP contribution in [0.1, 0.15) is 33.3 Å². The fourth-order valence-electron chi connectivity index (χ4n) is 2.60. The van der Waals surface area contributed by atoms with Gasteiger partial charge >= 0.3 is 0 Å². The van der Waals surface area contributed by atoms with Crippen molar-refractivity contribution in [3.8, 4) is 5.75 Å². The summed E-state index contributed by atoms with van der Waals surface area (Å²) in [6, 6.07) is 10.2. The topological polar surface area (TPSA) is 58.6 Å². The van der Waals surface area contributed by atoms with E-state index in [1.165, 1.54) is 41.3 Å². The highest BCUT2D eigenvalue weighted by Gasteiger charge is 2.28. The minimum atomic E-state index is -0.774. The Labute approximate surface area is 169 Å². The lowest BCUT2D eigenvalue weighted by Gasteiger charge is -2.31. The van der Waals surface area contributed by atoms with Gasteiger partial charge in [0.1, 0.15) is 23.4 Å². The molecule has 0 spiro atoms. The highest BCUT2D eigenvalue weighted by Crippen LogP contribution is 2.14. The Hall–Kier alpha value is -2.96. The summed E-state index contributed by atoms with van der Waals surface area (Å²) in [5.41, 5.74) is 0.220. The second-order valence-electron chi connectivity index (χ2n) is 7.81. The summed E-state index contributed by atoms with van der Waals surface area (Å²) < 4.78 is 31.7. The maximum absolute atomic E-state index is 13.2. The molecule has 156 valence electrons. The molecule has 0 radical (unpaired) electrons. The Morgan fingerprint density at radius 2 is 1.52 bits per heavy atom. The van der Waals surface area contributed by atoms with Gasteiger partial charge in [0.25, 0.3) is 5.91 Å². The third-order valence-corrected chi connectivity index (χ3v) is 4.11. The molecule has 5 nitrogen and oxygen atoms in total. The van der Waals surface area contributed by atoms with E-state index in [-0.39, 0.29) is 24.9 Å². The van der Waals surface area contributed by atoms with Gasteiger partial charge in [-0.1, -0.05) is 12.1 Å². The van der Waals surface area contributed by atoms with Gasteiger partial charge in [0, 0.05) is 12.1 Å². The minimum Gasteiger partial charge on any atom is -0.484 e. The highest BCUT2D eigenvalue weighted by molar-refractivity contribution is 5.88. The second kappa shape index (κ2) is 9.49. The van der Waals surface area contributed by atoms with E-state index < -0.39 is 23.3 Å². The van der Waals surface area contributed by atoms with Gasteiger partial charge in [-0.25, -0.2) is 8.78 Å². The Morgan fingerprint density at radius 1 is 1.00 bits per heavy atom. The fourth-order valence-corrected chi connectivity index (χ4v) is 2.60. The molecule has 0 fully saturated rings. The summed E-state index contributed by atoms with van der Waals surface area (Å²) in [5.74, 6) is -1.18. The zero-order valence-corrected chi connectivity index (χ0v) is 17.0. The first-order valence-electron chi connectivity index (χ1n) is 9.29. The van der Waals surface area contributed by atoms with Crippen molar-refractivity contribution in [1.82, 2.24) is 10.2 Å². The minimum absolute atomic E-state index is 0.116. The van der Waals surface area contributed by atoms with Gasteiger partial charge in [-0.2, -0.15) is 0 Å². The standard InChI is InChI=1S/C22H26F2N2O3/c1-15(21(28)25-22(2,3)4)26(13-16-5-7-17(23)8-6-16)20(27)14-29-19-11-9-18(24)10-12-19/h5-12,15H,13-14H2,1-4H3,(H,25,28)/t15-/m1/s1. The average molecular weight is 404 g/mol. The van der Waals surface area contributed by atoms with E-state index in [9.17, 15) is 18.4 Å². The SMILES string of the molecule is C[C@H](C(=O)NC(C)(C)C)N(Cc1ccc(F)cc1)C(=O)COc1ccc(F)cc1. The van der Waals surface area contributed by atoms with Crippen molar-refractivity contribution in [2.24, 2.45) is 0 Å². The fraction of sp³-hybridized carbons (Fsp3) is 0.364. The van der Waals surface area contributed by atoms with Crippen LogP contribution >= 0.6 is 0 Å². The summed E-state index contributed by atoms with van der Waals surface area (Å²) in [4.78, 5) is 26.8. The molecule has 2 amide bonds. The molecule has 0 saturated carbocycles. The third kappa shape index (κ3) is 7.18. The first-order chi connectivity index (χ1) is 13.5. The highest BCUT2D eigenvalue weighted by atomic mass is 19.1. The second-order valence-corrected chi connectivity index (χ2v) is 7.81. The number of rotatable bonds is 7. The molecule has 0 saturated heterocycles. The van der Waals surface area contributed by atoms with Crippen molar-refractivity contribution in [3.05, 3.63) is 65.7 Å². The maximum Gasteiger partial charge on any atom is 0.261 e. The van der Waals surface area contributed by atoms with Gasteiger partial charge in [0.15, 0.2) is 6.61 Å². The van der Waals surface area contributed by atoms with Crippen molar-refractivity contribution >= 4 is 11.8 Å². The van der Waals surface area contributed by atoms with E-state index in [0.717, 1.165) is 0 Å². The van der Waals surface area contributed by atoms with Crippen molar-refractivity contribution in [2.75, 3.05) is 6.61 Å². The molecule has 0 aromatic heterocycles. The monoisotopic (exact) mass is 404 g/mol. The first kappa shape index (κ1) is 22.3. The lowest BCUT2D eigenvalue weighted by atomic mass is 10.1. The quantitative estimate of drug-likeness (QED) is 0.766. The van der Waals surface area contributed by atoms with Crippen LogP contribution in [0, 0.1) is 11.6 Å². The largest absolute Gasteiger partial charge is 0.484 e. The van der Waals surface area contributed by atoms with Crippen LogP contribution in [0.4, 0.5) is 8.78 Å². The average Bonchev–Trinajstić information content (AvgIpc) is 2.65. The van der Waals surface area contributed by atoms with E-state index >= 15 is 0 Å². The number of hydrogen-bond acceptors (Lipinski definition) is 3. The summed E-state index contributed by atoms with van der Waals surface area (Å²) in [6.07, 6.45) is 0. The molecule has 0 heterocycles. The van der Waals surface area contributed by atoms with Gasteiger partial charge in [-0.15, -0.1) is 0 Å². The number of carbonyl (C=O) groups is 2. The van der Waals surface area contributed by atoms with E-state index in [2.05, 4.69) is 5.32 Å². The zero-order chi connectivity index (χ0) is 21.6. The number of ether oxygens (including phenoxy) is 1. The number of nitrogens with zero attached hydrogens (tertiary/aromatic N) is 1. The molecule has 0 aliphatic heterocycles. The van der Waals surface area contributed by atoms with Crippen LogP contribution in [0.2, 0.25) is 0 Å². The Bertz CT molecular complexity index is 831. The third-order valence-electron chi connectivity index (χ3n) is 4.11. The van der Waals surface area contributed by atoms with Crippen LogP contribution in [-0.4, -0.2) is 34.9 Å². The first-order valence-corrected chi connectivity index (χ1v) is 9.29. The predicted octanol–water partition coefficient (Wildman–Crippen LogP) is 3.68. The molecule has 1 N–H and O–H groups in total.